The molecule has 0 aromatic heterocycles. The Morgan fingerprint density at radius 1 is 0.963 bits per heavy atom. The molecule has 1 aliphatic rings. The summed E-state index contributed by atoms with van der Waals surface area (Å²) in [5.41, 5.74) is 2.46. The van der Waals surface area contributed by atoms with Gasteiger partial charge in [-0.2, -0.15) is 0 Å². The van der Waals surface area contributed by atoms with Crippen LogP contribution in [0.15, 0.2) is 48.5 Å². The second-order valence-electron chi connectivity index (χ2n) is 6.57. The third-order valence-electron chi connectivity index (χ3n) is 4.60. The van der Waals surface area contributed by atoms with Gasteiger partial charge < -0.3 is 20.4 Å². The topological polar surface area (TPSA) is 64.7 Å². The lowest BCUT2D eigenvalue weighted by atomic mass is 10.2. The van der Waals surface area contributed by atoms with E-state index in [4.69, 9.17) is 11.6 Å². The van der Waals surface area contributed by atoms with Gasteiger partial charge in [-0.05, 0) is 42.9 Å². The minimum absolute atomic E-state index is 0.203. The number of carbonyl (C=O) groups is 2. The molecule has 27 heavy (non-hydrogen) atoms. The highest BCUT2D eigenvalue weighted by atomic mass is 35.5. The van der Waals surface area contributed by atoms with E-state index in [-0.39, 0.29) is 6.54 Å². The quantitative estimate of drug-likeness (QED) is 0.792. The molecule has 6 nitrogen and oxygen atoms in total. The first kappa shape index (κ1) is 19.2. The summed E-state index contributed by atoms with van der Waals surface area (Å²) in [7, 11) is 2.12. The summed E-state index contributed by atoms with van der Waals surface area (Å²) in [5.74, 6) is -1.40. The van der Waals surface area contributed by atoms with Gasteiger partial charge in [-0.25, -0.2) is 0 Å². The Morgan fingerprint density at radius 2 is 1.63 bits per heavy atom. The molecular formula is C20H23ClN4O2. The lowest BCUT2D eigenvalue weighted by Crippen LogP contribution is -2.44. The van der Waals surface area contributed by atoms with Crippen molar-refractivity contribution in [1.29, 1.82) is 0 Å². The summed E-state index contributed by atoms with van der Waals surface area (Å²) < 4.78 is 0. The van der Waals surface area contributed by atoms with E-state index in [0.29, 0.717) is 10.7 Å². The van der Waals surface area contributed by atoms with E-state index < -0.39 is 11.8 Å². The fraction of sp³-hybridized carbons (Fsp3) is 0.300. The van der Waals surface area contributed by atoms with Crippen molar-refractivity contribution in [2.24, 2.45) is 0 Å². The van der Waals surface area contributed by atoms with Crippen molar-refractivity contribution >= 4 is 34.8 Å². The molecule has 0 atom stereocenters. The van der Waals surface area contributed by atoms with Gasteiger partial charge in [0, 0.05) is 49.1 Å². The van der Waals surface area contributed by atoms with E-state index in [1.165, 1.54) is 0 Å². The van der Waals surface area contributed by atoms with Gasteiger partial charge in [0.1, 0.15) is 0 Å². The van der Waals surface area contributed by atoms with Crippen LogP contribution < -0.4 is 15.5 Å². The standard InChI is InChI=1S/C20H23ClN4O2/c1-24-10-12-25(13-11-24)17-8-6-16(7-9-17)23-20(27)19(26)22-14-15-4-2-3-5-18(15)21/h2-9H,10-14H2,1H3,(H,22,26)(H,23,27). The summed E-state index contributed by atoms with van der Waals surface area (Å²) >= 11 is 6.05. The van der Waals surface area contributed by atoms with E-state index in [0.717, 1.165) is 37.4 Å². The highest BCUT2D eigenvalue weighted by molar-refractivity contribution is 6.39. The van der Waals surface area contributed by atoms with Gasteiger partial charge in [-0.1, -0.05) is 29.8 Å². The van der Waals surface area contributed by atoms with E-state index >= 15 is 0 Å². The molecule has 0 spiro atoms. The summed E-state index contributed by atoms with van der Waals surface area (Å²) in [4.78, 5) is 28.7. The van der Waals surface area contributed by atoms with Crippen LogP contribution in [0.2, 0.25) is 5.02 Å². The van der Waals surface area contributed by atoms with Gasteiger partial charge in [0.05, 0.1) is 0 Å². The van der Waals surface area contributed by atoms with Crippen molar-refractivity contribution in [3.8, 4) is 0 Å². The van der Waals surface area contributed by atoms with Crippen molar-refractivity contribution in [2.75, 3.05) is 43.4 Å². The molecule has 7 heteroatoms. The predicted octanol–water partition coefficient (Wildman–Crippen LogP) is 2.35. The van der Waals surface area contributed by atoms with Crippen LogP contribution >= 0.6 is 11.6 Å². The average molecular weight is 387 g/mol. The minimum Gasteiger partial charge on any atom is -0.369 e. The molecule has 142 valence electrons. The van der Waals surface area contributed by atoms with Crippen LogP contribution in [0.3, 0.4) is 0 Å². The van der Waals surface area contributed by atoms with Crippen LogP contribution in [-0.4, -0.2) is 49.9 Å². The molecule has 1 heterocycles. The van der Waals surface area contributed by atoms with Gasteiger partial charge in [0.2, 0.25) is 0 Å². The summed E-state index contributed by atoms with van der Waals surface area (Å²) in [6.07, 6.45) is 0. The van der Waals surface area contributed by atoms with Crippen LogP contribution in [0.1, 0.15) is 5.56 Å². The van der Waals surface area contributed by atoms with E-state index in [2.05, 4.69) is 27.5 Å². The number of rotatable bonds is 4. The van der Waals surface area contributed by atoms with Crippen LogP contribution in [-0.2, 0) is 16.1 Å². The van der Waals surface area contributed by atoms with Gasteiger partial charge in [0.15, 0.2) is 0 Å². The van der Waals surface area contributed by atoms with Gasteiger partial charge in [0.25, 0.3) is 0 Å². The first-order valence-electron chi connectivity index (χ1n) is 8.89. The maximum Gasteiger partial charge on any atom is 0.313 e. The lowest BCUT2D eigenvalue weighted by molar-refractivity contribution is -0.136. The second-order valence-corrected chi connectivity index (χ2v) is 6.97. The molecule has 2 N–H and O–H groups in total. The number of nitrogens with zero attached hydrogens (tertiary/aromatic N) is 2. The maximum absolute atomic E-state index is 12.1. The molecule has 2 aromatic carbocycles. The molecule has 3 rings (SSSR count). The van der Waals surface area contributed by atoms with Gasteiger partial charge in [-0.15, -0.1) is 0 Å². The largest absolute Gasteiger partial charge is 0.369 e. The predicted molar refractivity (Wildman–Crippen MR) is 108 cm³/mol. The zero-order chi connectivity index (χ0) is 19.2. The van der Waals surface area contributed by atoms with Gasteiger partial charge in [-0.3, -0.25) is 9.59 Å². The van der Waals surface area contributed by atoms with E-state index in [9.17, 15) is 9.59 Å². The Hall–Kier alpha value is -2.57. The Kier molecular flexibility index (Phi) is 6.32. The molecule has 0 saturated carbocycles. The summed E-state index contributed by atoms with van der Waals surface area (Å²) in [6, 6.07) is 14.7. The number of piperazine rings is 1. The Labute approximate surface area is 164 Å². The number of hydrogen-bond donors (Lipinski definition) is 2. The molecule has 1 fully saturated rings. The monoisotopic (exact) mass is 386 g/mol. The van der Waals surface area contributed by atoms with Gasteiger partial charge >= 0.3 is 11.8 Å². The zero-order valence-corrected chi connectivity index (χ0v) is 16.0. The van der Waals surface area contributed by atoms with Crippen LogP contribution in [0.5, 0.6) is 0 Å². The first-order chi connectivity index (χ1) is 13.0. The third kappa shape index (κ3) is 5.21. The van der Waals surface area contributed by atoms with Crippen molar-refractivity contribution in [2.45, 2.75) is 6.54 Å². The highest BCUT2D eigenvalue weighted by Gasteiger charge is 2.16. The number of anilines is 2. The van der Waals surface area contributed by atoms with Crippen LogP contribution in [0.25, 0.3) is 0 Å². The third-order valence-corrected chi connectivity index (χ3v) is 4.97. The molecule has 1 saturated heterocycles. The first-order valence-corrected chi connectivity index (χ1v) is 9.27. The number of amides is 2. The van der Waals surface area contributed by atoms with Crippen molar-refractivity contribution in [1.82, 2.24) is 10.2 Å². The second kappa shape index (κ2) is 8.88. The molecular weight excluding hydrogens is 364 g/mol. The smallest absolute Gasteiger partial charge is 0.313 e. The average Bonchev–Trinajstić information content (AvgIpc) is 2.68. The highest BCUT2D eigenvalue weighted by Crippen LogP contribution is 2.19. The fourth-order valence-electron chi connectivity index (χ4n) is 2.91. The molecule has 2 aromatic rings. The summed E-state index contributed by atoms with van der Waals surface area (Å²) in [6.45, 7) is 4.22. The number of benzene rings is 2. The lowest BCUT2D eigenvalue weighted by Gasteiger charge is -2.34. The molecule has 0 aliphatic carbocycles. The Morgan fingerprint density at radius 3 is 2.30 bits per heavy atom. The zero-order valence-electron chi connectivity index (χ0n) is 15.2. The van der Waals surface area contributed by atoms with E-state index in [1.54, 1.807) is 12.1 Å². The molecule has 0 bridgehead atoms. The summed E-state index contributed by atoms with van der Waals surface area (Å²) in [5, 5.41) is 5.75. The Balaban J connectivity index is 1.51. The number of carbonyl (C=O) groups excluding carboxylic acids is 2. The molecule has 0 radical (unpaired) electrons. The van der Waals surface area contributed by atoms with Crippen LogP contribution in [0.4, 0.5) is 11.4 Å². The molecule has 2 amide bonds. The van der Waals surface area contributed by atoms with Crippen molar-refractivity contribution in [3.63, 3.8) is 0 Å². The maximum atomic E-state index is 12.1. The number of halogens is 1. The van der Waals surface area contributed by atoms with E-state index in [1.807, 2.05) is 36.4 Å². The number of nitrogens with one attached hydrogen (secondary N) is 2. The van der Waals surface area contributed by atoms with Crippen LogP contribution in [0, 0.1) is 0 Å². The molecule has 0 unspecified atom stereocenters. The van der Waals surface area contributed by atoms with Crippen molar-refractivity contribution < 1.29 is 9.59 Å². The molecule has 1 aliphatic heterocycles. The number of likely N-dealkylation sites (N-methyl/N-ethyl adjacent to an activating group) is 1. The normalized spacial score (nSPS) is 14.7. The van der Waals surface area contributed by atoms with Crippen molar-refractivity contribution in [3.05, 3.63) is 59.1 Å². The number of hydrogen-bond acceptors (Lipinski definition) is 4. The minimum atomic E-state index is -0.700. The fourth-order valence-corrected chi connectivity index (χ4v) is 3.11. The Bertz CT molecular complexity index is 802. The SMILES string of the molecule is CN1CCN(c2ccc(NC(=O)C(=O)NCc3ccccc3Cl)cc2)CC1.